The number of H-pyrrole nitrogens is 1. The molecule has 5 rings (SSSR count). The predicted octanol–water partition coefficient (Wildman–Crippen LogP) is 4.12. The maximum atomic E-state index is 13.2. The number of carbonyl (C=O) groups excluding carboxylic acids is 2. The fraction of sp³-hybridized carbons (Fsp3) is 0.304. The number of para-hydroxylation sites is 1. The van der Waals surface area contributed by atoms with Crippen LogP contribution in [0.25, 0.3) is 10.9 Å². The zero-order chi connectivity index (χ0) is 21.8. The first-order valence-corrected chi connectivity index (χ1v) is 10.2. The number of benzene rings is 2. The third kappa shape index (κ3) is 3.45. The van der Waals surface area contributed by atoms with E-state index < -0.39 is 17.7 Å². The predicted molar refractivity (Wildman–Crippen MR) is 109 cm³/mol. The highest BCUT2D eigenvalue weighted by atomic mass is 19.4. The van der Waals surface area contributed by atoms with Gasteiger partial charge < -0.3 is 14.8 Å². The molecule has 160 valence electrons. The fourth-order valence-corrected chi connectivity index (χ4v) is 4.59. The quantitative estimate of drug-likeness (QED) is 0.669. The summed E-state index contributed by atoms with van der Waals surface area (Å²) in [5, 5.41) is 1.09. The van der Waals surface area contributed by atoms with Gasteiger partial charge in [-0.15, -0.1) is 0 Å². The Morgan fingerprint density at radius 2 is 1.90 bits per heavy atom. The summed E-state index contributed by atoms with van der Waals surface area (Å²) in [6.45, 7) is 1.11. The minimum absolute atomic E-state index is 0.00627. The van der Waals surface area contributed by atoms with E-state index in [0.717, 1.165) is 34.3 Å². The minimum Gasteiger partial charge on any atom is -0.358 e. The van der Waals surface area contributed by atoms with Gasteiger partial charge in [0.1, 0.15) is 0 Å². The topological polar surface area (TPSA) is 56.4 Å². The summed E-state index contributed by atoms with van der Waals surface area (Å²) in [4.78, 5) is 32.2. The second-order valence-corrected chi connectivity index (χ2v) is 8.09. The van der Waals surface area contributed by atoms with Crippen LogP contribution < -0.4 is 4.90 Å². The number of rotatable bonds is 2. The van der Waals surface area contributed by atoms with E-state index in [0.29, 0.717) is 19.5 Å². The number of alkyl halides is 3. The van der Waals surface area contributed by atoms with Crippen molar-refractivity contribution in [2.24, 2.45) is 5.92 Å². The summed E-state index contributed by atoms with van der Waals surface area (Å²) < 4.78 is 39.1. The van der Waals surface area contributed by atoms with Crippen LogP contribution in [0.15, 0.2) is 48.5 Å². The molecule has 1 atom stereocenters. The molecule has 1 aromatic heterocycles. The van der Waals surface area contributed by atoms with Crippen LogP contribution in [0.3, 0.4) is 0 Å². The Morgan fingerprint density at radius 1 is 1.10 bits per heavy atom. The lowest BCUT2D eigenvalue weighted by Crippen LogP contribution is -2.40. The molecule has 0 aliphatic carbocycles. The summed E-state index contributed by atoms with van der Waals surface area (Å²) in [5.74, 6) is -1.02. The van der Waals surface area contributed by atoms with Crippen LogP contribution in [0.5, 0.6) is 0 Å². The Bertz CT molecular complexity index is 1180. The lowest BCUT2D eigenvalue weighted by atomic mass is 10.0. The number of aromatic amines is 1. The molecule has 1 fully saturated rings. The summed E-state index contributed by atoms with van der Waals surface area (Å²) in [6.07, 6.45) is -3.78. The van der Waals surface area contributed by atoms with Crippen LogP contribution in [0.4, 0.5) is 18.9 Å². The summed E-state index contributed by atoms with van der Waals surface area (Å²) in [5.41, 5.74) is 2.62. The van der Waals surface area contributed by atoms with E-state index >= 15 is 0 Å². The summed E-state index contributed by atoms with van der Waals surface area (Å²) in [6, 6.07) is 12.6. The van der Waals surface area contributed by atoms with Crippen molar-refractivity contribution in [3.63, 3.8) is 0 Å². The van der Waals surface area contributed by atoms with Crippen LogP contribution in [-0.2, 0) is 28.7 Å². The van der Waals surface area contributed by atoms with E-state index in [1.54, 1.807) is 4.90 Å². The molecule has 0 saturated carbocycles. The van der Waals surface area contributed by atoms with Gasteiger partial charge in [-0.2, -0.15) is 13.2 Å². The molecule has 8 heteroatoms. The third-order valence-electron chi connectivity index (χ3n) is 6.15. The van der Waals surface area contributed by atoms with Crippen molar-refractivity contribution in [2.45, 2.75) is 25.6 Å². The Balaban J connectivity index is 1.34. The van der Waals surface area contributed by atoms with Gasteiger partial charge in [0.05, 0.1) is 11.5 Å². The number of nitrogens with one attached hydrogen (secondary N) is 1. The molecule has 2 aliphatic heterocycles. The van der Waals surface area contributed by atoms with Crippen molar-refractivity contribution in [3.8, 4) is 0 Å². The fourth-order valence-electron chi connectivity index (χ4n) is 4.59. The van der Waals surface area contributed by atoms with Gasteiger partial charge in [0.15, 0.2) is 0 Å². The van der Waals surface area contributed by atoms with Crippen LogP contribution in [0.2, 0.25) is 0 Å². The number of anilines is 1. The molecule has 2 aliphatic rings. The van der Waals surface area contributed by atoms with Crippen molar-refractivity contribution in [1.82, 2.24) is 9.88 Å². The Morgan fingerprint density at radius 3 is 2.71 bits per heavy atom. The molecule has 2 amide bonds. The number of halogens is 3. The molecule has 2 aromatic carbocycles. The molecule has 1 N–H and O–H groups in total. The van der Waals surface area contributed by atoms with E-state index in [1.807, 2.05) is 24.3 Å². The first-order valence-electron chi connectivity index (χ1n) is 10.2. The van der Waals surface area contributed by atoms with Crippen LogP contribution in [0, 0.1) is 5.92 Å². The number of amides is 2. The second-order valence-electron chi connectivity index (χ2n) is 8.09. The lowest BCUT2D eigenvalue weighted by molar-refractivity contribution is -0.137. The van der Waals surface area contributed by atoms with Crippen molar-refractivity contribution < 1.29 is 22.8 Å². The molecule has 3 aromatic rings. The van der Waals surface area contributed by atoms with Gasteiger partial charge in [0, 0.05) is 60.3 Å². The minimum atomic E-state index is -4.49. The zero-order valence-corrected chi connectivity index (χ0v) is 16.6. The number of nitrogens with zero attached hydrogens (tertiary/aromatic N) is 2. The maximum absolute atomic E-state index is 13.2. The van der Waals surface area contributed by atoms with Gasteiger partial charge in [-0.05, 0) is 24.3 Å². The van der Waals surface area contributed by atoms with E-state index in [4.69, 9.17) is 0 Å². The molecule has 1 unspecified atom stereocenters. The SMILES string of the molecule is O=C(C1CC(=O)N(c2cccc(C(F)(F)F)c2)C1)N1CCc2[nH]c3ccccc3c2C1. The number of aromatic nitrogens is 1. The lowest BCUT2D eigenvalue weighted by Gasteiger charge is -2.29. The van der Waals surface area contributed by atoms with E-state index in [1.165, 1.54) is 17.0 Å². The number of hydrogen-bond acceptors (Lipinski definition) is 2. The van der Waals surface area contributed by atoms with Crippen molar-refractivity contribution in [3.05, 3.63) is 65.4 Å². The Labute approximate surface area is 176 Å². The second kappa shape index (κ2) is 7.14. The first-order chi connectivity index (χ1) is 14.8. The Hall–Kier alpha value is -3.29. The van der Waals surface area contributed by atoms with Crippen molar-refractivity contribution in [1.29, 1.82) is 0 Å². The average Bonchev–Trinajstić information content (AvgIpc) is 3.33. The monoisotopic (exact) mass is 427 g/mol. The molecule has 31 heavy (non-hydrogen) atoms. The van der Waals surface area contributed by atoms with Gasteiger partial charge >= 0.3 is 6.18 Å². The standard InChI is InChI=1S/C23H20F3N3O2/c24-23(25,26)15-4-3-5-16(11-15)29-12-14(10-21(29)30)22(31)28-9-8-20-18(13-28)17-6-1-2-7-19(17)27-20/h1-7,11,14,27H,8-10,12-13H2. The van der Waals surface area contributed by atoms with E-state index in [9.17, 15) is 22.8 Å². The number of hydrogen-bond donors (Lipinski definition) is 1. The third-order valence-corrected chi connectivity index (χ3v) is 6.15. The van der Waals surface area contributed by atoms with Gasteiger partial charge in [0.25, 0.3) is 0 Å². The summed E-state index contributed by atoms with van der Waals surface area (Å²) >= 11 is 0. The van der Waals surface area contributed by atoms with E-state index in [-0.39, 0.29) is 30.5 Å². The maximum Gasteiger partial charge on any atom is 0.416 e. The van der Waals surface area contributed by atoms with Crippen molar-refractivity contribution >= 4 is 28.4 Å². The highest BCUT2D eigenvalue weighted by Crippen LogP contribution is 2.34. The molecule has 5 nitrogen and oxygen atoms in total. The first kappa shape index (κ1) is 19.7. The Kier molecular flexibility index (Phi) is 4.53. The zero-order valence-electron chi connectivity index (χ0n) is 16.6. The molecular weight excluding hydrogens is 407 g/mol. The van der Waals surface area contributed by atoms with Gasteiger partial charge in [0.2, 0.25) is 11.8 Å². The van der Waals surface area contributed by atoms with Gasteiger partial charge in [-0.25, -0.2) is 0 Å². The normalized spacial score (nSPS) is 19.2. The van der Waals surface area contributed by atoms with Gasteiger partial charge in [-0.3, -0.25) is 9.59 Å². The van der Waals surface area contributed by atoms with Crippen LogP contribution >= 0.6 is 0 Å². The largest absolute Gasteiger partial charge is 0.416 e. The van der Waals surface area contributed by atoms with Crippen LogP contribution in [-0.4, -0.2) is 34.8 Å². The van der Waals surface area contributed by atoms with Crippen LogP contribution in [0.1, 0.15) is 23.2 Å². The van der Waals surface area contributed by atoms with Crippen molar-refractivity contribution in [2.75, 3.05) is 18.0 Å². The average molecular weight is 427 g/mol. The summed E-state index contributed by atoms with van der Waals surface area (Å²) in [7, 11) is 0. The van der Waals surface area contributed by atoms with E-state index in [2.05, 4.69) is 4.98 Å². The molecule has 1 saturated heterocycles. The molecule has 0 spiro atoms. The highest BCUT2D eigenvalue weighted by molar-refractivity contribution is 6.00. The number of fused-ring (bicyclic) bond motifs is 3. The molecule has 3 heterocycles. The smallest absolute Gasteiger partial charge is 0.358 e. The molecular formula is C23H20F3N3O2. The highest BCUT2D eigenvalue weighted by Gasteiger charge is 2.39. The molecule has 0 radical (unpaired) electrons. The molecule has 0 bridgehead atoms. The number of carbonyl (C=O) groups is 2. The van der Waals surface area contributed by atoms with Gasteiger partial charge in [-0.1, -0.05) is 24.3 Å².